The second-order valence-corrected chi connectivity index (χ2v) is 6.05. The van der Waals surface area contributed by atoms with Crippen LogP contribution in [0.5, 0.6) is 11.5 Å². The number of H-pyrrole nitrogens is 1. The number of aryl methyl sites for hydroxylation is 2. The monoisotopic (exact) mass is 320 g/mol. The van der Waals surface area contributed by atoms with Crippen LogP contribution in [0.4, 0.5) is 0 Å². The molecule has 2 heterocycles. The molecule has 0 spiro atoms. The SMILES string of the molecule is COc1cc2[nH]c(=S)n(CCc3cccs3)c2cc1OC. The number of nitrogens with zero attached hydrogens (tertiary/aromatic N) is 1. The number of fused-ring (bicyclic) bond motifs is 1. The molecular weight excluding hydrogens is 304 g/mol. The first-order chi connectivity index (χ1) is 10.2. The average molecular weight is 320 g/mol. The van der Waals surface area contributed by atoms with Crippen molar-refractivity contribution >= 4 is 34.6 Å². The Kier molecular flexibility index (Phi) is 3.98. The van der Waals surface area contributed by atoms with Crippen molar-refractivity contribution in [2.24, 2.45) is 0 Å². The predicted octanol–water partition coefficient (Wildman–Crippen LogP) is 4.02. The zero-order valence-electron chi connectivity index (χ0n) is 11.9. The molecule has 0 unspecified atom stereocenters. The average Bonchev–Trinajstić information content (AvgIpc) is 3.10. The third kappa shape index (κ3) is 2.69. The third-order valence-electron chi connectivity index (χ3n) is 3.44. The number of hydrogen-bond acceptors (Lipinski definition) is 4. The van der Waals surface area contributed by atoms with Crippen LogP contribution >= 0.6 is 23.6 Å². The Bertz CT molecular complexity index is 803. The van der Waals surface area contributed by atoms with E-state index in [0.717, 1.165) is 28.8 Å². The van der Waals surface area contributed by atoms with E-state index in [1.807, 2.05) is 12.1 Å². The number of aromatic nitrogens is 2. The van der Waals surface area contributed by atoms with Gasteiger partial charge < -0.3 is 19.0 Å². The fourth-order valence-corrected chi connectivity index (χ4v) is 3.38. The number of ether oxygens (including phenoxy) is 2. The van der Waals surface area contributed by atoms with Crippen LogP contribution in [0.2, 0.25) is 0 Å². The van der Waals surface area contributed by atoms with Gasteiger partial charge in [0.2, 0.25) is 0 Å². The fraction of sp³-hybridized carbons (Fsp3) is 0.267. The summed E-state index contributed by atoms with van der Waals surface area (Å²) in [5.74, 6) is 1.41. The number of hydrogen-bond donors (Lipinski definition) is 1. The number of methoxy groups -OCH3 is 2. The van der Waals surface area contributed by atoms with E-state index >= 15 is 0 Å². The van der Waals surface area contributed by atoms with Crippen molar-refractivity contribution < 1.29 is 9.47 Å². The second kappa shape index (κ2) is 5.91. The molecular formula is C15H16N2O2S2. The molecule has 21 heavy (non-hydrogen) atoms. The maximum Gasteiger partial charge on any atom is 0.178 e. The molecule has 0 aliphatic heterocycles. The van der Waals surface area contributed by atoms with Crippen molar-refractivity contribution in [3.05, 3.63) is 39.3 Å². The Labute approximate surface area is 131 Å². The molecule has 4 nitrogen and oxygen atoms in total. The summed E-state index contributed by atoms with van der Waals surface area (Å²) in [4.78, 5) is 4.58. The molecule has 0 bridgehead atoms. The maximum atomic E-state index is 5.44. The molecule has 0 saturated heterocycles. The highest BCUT2D eigenvalue weighted by molar-refractivity contribution is 7.71. The summed E-state index contributed by atoms with van der Waals surface area (Å²) in [5, 5.41) is 2.09. The first kappa shape index (κ1) is 14.2. The Balaban J connectivity index is 2.01. The van der Waals surface area contributed by atoms with Crippen LogP contribution < -0.4 is 9.47 Å². The molecule has 3 aromatic rings. The maximum absolute atomic E-state index is 5.44. The Morgan fingerprint density at radius 3 is 2.67 bits per heavy atom. The van der Waals surface area contributed by atoms with Crippen molar-refractivity contribution in [3.63, 3.8) is 0 Å². The van der Waals surface area contributed by atoms with Gasteiger partial charge in [0.1, 0.15) is 0 Å². The van der Waals surface area contributed by atoms with Gasteiger partial charge >= 0.3 is 0 Å². The van der Waals surface area contributed by atoms with Crippen LogP contribution in [0.1, 0.15) is 4.88 Å². The van der Waals surface area contributed by atoms with Gasteiger partial charge in [0, 0.05) is 23.6 Å². The van der Waals surface area contributed by atoms with E-state index in [2.05, 4.69) is 27.1 Å². The lowest BCUT2D eigenvalue weighted by Crippen LogP contribution is -2.00. The smallest absolute Gasteiger partial charge is 0.178 e. The minimum absolute atomic E-state index is 0.701. The molecule has 0 amide bonds. The van der Waals surface area contributed by atoms with Crippen molar-refractivity contribution in [1.29, 1.82) is 0 Å². The molecule has 0 radical (unpaired) electrons. The highest BCUT2D eigenvalue weighted by atomic mass is 32.1. The zero-order valence-corrected chi connectivity index (χ0v) is 13.5. The van der Waals surface area contributed by atoms with E-state index in [1.165, 1.54) is 4.88 Å². The molecule has 3 rings (SSSR count). The van der Waals surface area contributed by atoms with Crippen LogP contribution in [-0.4, -0.2) is 23.8 Å². The number of rotatable bonds is 5. The number of imidazole rings is 1. The molecule has 0 saturated carbocycles. The molecule has 6 heteroatoms. The molecule has 1 aromatic carbocycles. The van der Waals surface area contributed by atoms with E-state index in [1.54, 1.807) is 25.6 Å². The summed E-state index contributed by atoms with van der Waals surface area (Å²) >= 11 is 7.20. The van der Waals surface area contributed by atoms with Crippen molar-refractivity contribution in [3.8, 4) is 11.5 Å². The van der Waals surface area contributed by atoms with Gasteiger partial charge in [-0.15, -0.1) is 11.3 Å². The van der Waals surface area contributed by atoms with Crippen LogP contribution in [0.15, 0.2) is 29.6 Å². The van der Waals surface area contributed by atoms with Gasteiger partial charge in [-0.05, 0) is 30.1 Å². The number of thiophene rings is 1. The quantitative estimate of drug-likeness (QED) is 0.722. The normalized spacial score (nSPS) is 11.0. The highest BCUT2D eigenvalue weighted by Crippen LogP contribution is 2.32. The van der Waals surface area contributed by atoms with Crippen molar-refractivity contribution in [1.82, 2.24) is 9.55 Å². The number of benzene rings is 1. The van der Waals surface area contributed by atoms with Gasteiger partial charge in [-0.1, -0.05) is 6.07 Å². The fourth-order valence-electron chi connectivity index (χ4n) is 2.38. The van der Waals surface area contributed by atoms with Gasteiger partial charge in [0.05, 0.1) is 25.3 Å². The van der Waals surface area contributed by atoms with Crippen LogP contribution in [0.3, 0.4) is 0 Å². The first-order valence-electron chi connectivity index (χ1n) is 6.60. The van der Waals surface area contributed by atoms with Gasteiger partial charge in [0.25, 0.3) is 0 Å². The Morgan fingerprint density at radius 1 is 1.24 bits per heavy atom. The minimum Gasteiger partial charge on any atom is -0.493 e. The van der Waals surface area contributed by atoms with Gasteiger partial charge in [-0.2, -0.15) is 0 Å². The van der Waals surface area contributed by atoms with Crippen LogP contribution in [0, 0.1) is 4.77 Å². The van der Waals surface area contributed by atoms with E-state index in [4.69, 9.17) is 21.7 Å². The third-order valence-corrected chi connectivity index (χ3v) is 4.70. The van der Waals surface area contributed by atoms with Crippen molar-refractivity contribution in [2.75, 3.05) is 14.2 Å². The zero-order chi connectivity index (χ0) is 14.8. The summed E-state index contributed by atoms with van der Waals surface area (Å²) < 4.78 is 13.5. The molecule has 2 aromatic heterocycles. The predicted molar refractivity (Wildman–Crippen MR) is 88.2 cm³/mol. The lowest BCUT2D eigenvalue weighted by molar-refractivity contribution is 0.355. The summed E-state index contributed by atoms with van der Waals surface area (Å²) in [6, 6.07) is 8.11. The molecule has 0 atom stereocenters. The summed E-state index contributed by atoms with van der Waals surface area (Å²) in [5.41, 5.74) is 2.00. The van der Waals surface area contributed by atoms with Gasteiger partial charge in [-0.25, -0.2) is 0 Å². The highest BCUT2D eigenvalue weighted by Gasteiger charge is 2.11. The number of nitrogens with one attached hydrogen (secondary N) is 1. The van der Waals surface area contributed by atoms with E-state index in [0.29, 0.717) is 11.5 Å². The molecule has 0 aliphatic carbocycles. The second-order valence-electron chi connectivity index (χ2n) is 4.64. The summed E-state index contributed by atoms with van der Waals surface area (Å²) in [7, 11) is 3.27. The molecule has 110 valence electrons. The largest absolute Gasteiger partial charge is 0.493 e. The first-order valence-corrected chi connectivity index (χ1v) is 7.88. The van der Waals surface area contributed by atoms with E-state index in [-0.39, 0.29) is 0 Å². The molecule has 0 aliphatic rings. The van der Waals surface area contributed by atoms with Crippen LogP contribution in [-0.2, 0) is 13.0 Å². The minimum atomic E-state index is 0.701. The van der Waals surface area contributed by atoms with E-state index in [9.17, 15) is 0 Å². The Morgan fingerprint density at radius 2 is 2.00 bits per heavy atom. The lowest BCUT2D eigenvalue weighted by Gasteiger charge is -2.09. The standard InChI is InChI=1S/C15H16N2O2S2/c1-18-13-8-11-12(9-14(13)19-2)17(15(20)16-11)6-5-10-4-3-7-21-10/h3-4,7-9H,5-6H2,1-2H3,(H,16,20). The summed E-state index contributed by atoms with van der Waals surface area (Å²) in [6.45, 7) is 0.842. The van der Waals surface area contributed by atoms with Crippen LogP contribution in [0.25, 0.3) is 11.0 Å². The summed E-state index contributed by atoms with van der Waals surface area (Å²) in [6.07, 6.45) is 0.966. The van der Waals surface area contributed by atoms with Crippen molar-refractivity contribution in [2.45, 2.75) is 13.0 Å². The topological polar surface area (TPSA) is 39.2 Å². The molecule has 1 N–H and O–H groups in total. The lowest BCUT2D eigenvalue weighted by atomic mass is 10.2. The van der Waals surface area contributed by atoms with Gasteiger partial charge in [0.15, 0.2) is 16.3 Å². The number of aromatic amines is 1. The molecule has 0 fully saturated rings. The van der Waals surface area contributed by atoms with Gasteiger partial charge in [-0.3, -0.25) is 0 Å². The van der Waals surface area contributed by atoms with E-state index < -0.39 is 0 Å². The Hall–Kier alpha value is -1.79.